The third kappa shape index (κ3) is 2.31. The Bertz CT molecular complexity index is 672. The average molecular weight is 278 g/mol. The highest BCUT2D eigenvalue weighted by Crippen LogP contribution is 2.37. The fraction of sp³-hybridized carbons (Fsp3) is 0.267. The summed E-state index contributed by atoms with van der Waals surface area (Å²) in [6, 6.07) is 3.05. The van der Waals surface area contributed by atoms with Crippen LogP contribution in [-0.4, -0.2) is 11.1 Å². The monoisotopic (exact) mass is 278 g/mol. The minimum Gasteiger partial charge on any atom is -0.478 e. The summed E-state index contributed by atoms with van der Waals surface area (Å²) in [6.07, 6.45) is 3.89. The normalized spacial score (nSPS) is 14.5. The Hall–Kier alpha value is -2.17. The molecule has 0 unspecified atom stereocenters. The summed E-state index contributed by atoms with van der Waals surface area (Å²) in [4.78, 5) is 11.4. The fourth-order valence-corrected chi connectivity index (χ4v) is 2.27. The number of halogens is 2. The van der Waals surface area contributed by atoms with Gasteiger partial charge in [0, 0.05) is 23.6 Å². The van der Waals surface area contributed by atoms with E-state index in [2.05, 4.69) is 0 Å². The summed E-state index contributed by atoms with van der Waals surface area (Å²) < 4.78 is 32.0. The molecule has 0 aliphatic heterocycles. The highest BCUT2D eigenvalue weighted by atomic mass is 19.1. The van der Waals surface area contributed by atoms with Crippen LogP contribution >= 0.6 is 0 Å². The quantitative estimate of drug-likeness (QED) is 0.923. The molecule has 1 N–H and O–H groups in total. The number of rotatable bonds is 4. The second-order valence-corrected chi connectivity index (χ2v) is 5.02. The van der Waals surface area contributed by atoms with Crippen molar-refractivity contribution >= 4 is 5.97 Å². The van der Waals surface area contributed by atoms with Gasteiger partial charge in [0.05, 0.1) is 6.26 Å². The number of hydrogen-bond donors (Lipinski definition) is 1. The summed E-state index contributed by atoms with van der Waals surface area (Å²) in [5.41, 5.74) is 0.169. The highest BCUT2D eigenvalue weighted by Gasteiger charge is 2.29. The van der Waals surface area contributed by atoms with Crippen molar-refractivity contribution in [1.82, 2.24) is 0 Å². The second kappa shape index (κ2) is 4.74. The molecule has 2 aromatic rings. The van der Waals surface area contributed by atoms with E-state index >= 15 is 0 Å². The summed E-state index contributed by atoms with van der Waals surface area (Å²) in [7, 11) is 0. The molecule has 0 bridgehead atoms. The van der Waals surface area contributed by atoms with Gasteiger partial charge in [-0.25, -0.2) is 13.6 Å². The van der Waals surface area contributed by atoms with E-state index in [1.54, 1.807) is 0 Å². The van der Waals surface area contributed by atoms with Gasteiger partial charge in [-0.2, -0.15) is 0 Å². The van der Waals surface area contributed by atoms with Crippen LogP contribution in [0.2, 0.25) is 0 Å². The number of aromatic carboxylic acids is 1. The molecule has 1 aliphatic carbocycles. The minimum absolute atomic E-state index is 0.0255. The molecule has 0 spiro atoms. The topological polar surface area (TPSA) is 50.4 Å². The molecule has 0 saturated heterocycles. The first-order valence-corrected chi connectivity index (χ1v) is 6.35. The van der Waals surface area contributed by atoms with Crippen LogP contribution in [0.5, 0.6) is 0 Å². The molecule has 104 valence electrons. The molecule has 3 rings (SSSR count). The Morgan fingerprint density at radius 1 is 1.30 bits per heavy atom. The van der Waals surface area contributed by atoms with Gasteiger partial charge >= 0.3 is 5.97 Å². The van der Waals surface area contributed by atoms with E-state index in [4.69, 9.17) is 4.42 Å². The summed E-state index contributed by atoms with van der Waals surface area (Å²) in [6.45, 7) is 0. The average Bonchev–Trinajstić information content (AvgIpc) is 3.08. The van der Waals surface area contributed by atoms with Crippen LogP contribution in [0.25, 0.3) is 11.1 Å². The number of carbonyl (C=O) groups is 1. The molecule has 3 nitrogen and oxygen atoms in total. The maximum Gasteiger partial charge on any atom is 0.339 e. The van der Waals surface area contributed by atoms with E-state index in [1.165, 1.54) is 12.3 Å². The Balaban J connectivity index is 2.08. The number of furan rings is 1. The molecule has 0 atom stereocenters. The Kier molecular flexibility index (Phi) is 3.04. The molecule has 0 radical (unpaired) electrons. The van der Waals surface area contributed by atoms with Gasteiger partial charge in [0.1, 0.15) is 23.0 Å². The van der Waals surface area contributed by atoms with Gasteiger partial charge in [-0.1, -0.05) is 0 Å². The standard InChI is InChI=1S/C15H12F2O3/c16-9-3-4-10(12(17)6-9)11-7-20-13(5-8-1-2-8)14(11)15(18)19/h3-4,6-8H,1-2,5H2,(H,18,19). The van der Waals surface area contributed by atoms with Gasteiger partial charge in [-0.3, -0.25) is 0 Å². The summed E-state index contributed by atoms with van der Waals surface area (Å²) in [5, 5.41) is 9.32. The first-order valence-electron chi connectivity index (χ1n) is 6.35. The zero-order chi connectivity index (χ0) is 14.3. The van der Waals surface area contributed by atoms with Crippen LogP contribution in [0.3, 0.4) is 0 Å². The van der Waals surface area contributed by atoms with Crippen LogP contribution in [-0.2, 0) is 6.42 Å². The molecule has 1 saturated carbocycles. The van der Waals surface area contributed by atoms with E-state index in [-0.39, 0.29) is 16.7 Å². The Morgan fingerprint density at radius 2 is 2.05 bits per heavy atom. The zero-order valence-electron chi connectivity index (χ0n) is 10.5. The molecule has 1 fully saturated rings. The third-order valence-electron chi connectivity index (χ3n) is 3.47. The van der Waals surface area contributed by atoms with Gasteiger partial charge in [0.2, 0.25) is 0 Å². The lowest BCUT2D eigenvalue weighted by atomic mass is 10.0. The first kappa shape index (κ1) is 12.8. The van der Waals surface area contributed by atoms with Crippen molar-refractivity contribution in [3.63, 3.8) is 0 Å². The molecule has 1 aliphatic rings. The van der Waals surface area contributed by atoms with Gasteiger partial charge in [-0.05, 0) is 30.9 Å². The SMILES string of the molecule is O=C(O)c1c(-c2ccc(F)cc2F)coc1CC1CC1. The highest BCUT2D eigenvalue weighted by molar-refractivity contribution is 5.97. The second-order valence-electron chi connectivity index (χ2n) is 5.02. The van der Waals surface area contributed by atoms with Gasteiger partial charge < -0.3 is 9.52 Å². The van der Waals surface area contributed by atoms with Gasteiger partial charge in [0.15, 0.2) is 0 Å². The third-order valence-corrected chi connectivity index (χ3v) is 3.47. The van der Waals surface area contributed by atoms with Crippen LogP contribution in [0.1, 0.15) is 29.0 Å². The maximum absolute atomic E-state index is 13.8. The van der Waals surface area contributed by atoms with Crippen molar-refractivity contribution in [2.45, 2.75) is 19.3 Å². The molecular formula is C15H12F2O3. The number of carboxylic acids is 1. The fourth-order valence-electron chi connectivity index (χ4n) is 2.27. The molecular weight excluding hydrogens is 266 g/mol. The van der Waals surface area contributed by atoms with E-state index in [1.807, 2.05) is 0 Å². The largest absolute Gasteiger partial charge is 0.478 e. The van der Waals surface area contributed by atoms with Crippen molar-refractivity contribution in [3.8, 4) is 11.1 Å². The smallest absolute Gasteiger partial charge is 0.339 e. The predicted molar refractivity (Wildman–Crippen MR) is 67.4 cm³/mol. The first-order chi connectivity index (χ1) is 9.56. The van der Waals surface area contributed by atoms with Crippen LogP contribution in [0.4, 0.5) is 8.78 Å². The van der Waals surface area contributed by atoms with Crippen molar-refractivity contribution in [2.75, 3.05) is 0 Å². The number of carboxylic acid groups (broad SMARTS) is 1. The van der Waals surface area contributed by atoms with Crippen LogP contribution < -0.4 is 0 Å². The number of benzene rings is 1. The number of hydrogen-bond acceptors (Lipinski definition) is 2. The molecule has 1 aromatic heterocycles. The maximum atomic E-state index is 13.8. The molecule has 5 heteroatoms. The van der Waals surface area contributed by atoms with Crippen molar-refractivity contribution < 1.29 is 23.1 Å². The lowest BCUT2D eigenvalue weighted by Gasteiger charge is -2.03. The van der Waals surface area contributed by atoms with Crippen LogP contribution in [0.15, 0.2) is 28.9 Å². The van der Waals surface area contributed by atoms with E-state index in [0.29, 0.717) is 18.1 Å². The molecule has 20 heavy (non-hydrogen) atoms. The Labute approximate surface area is 113 Å². The van der Waals surface area contributed by atoms with E-state index in [9.17, 15) is 18.7 Å². The van der Waals surface area contributed by atoms with Gasteiger partial charge in [0.25, 0.3) is 0 Å². The van der Waals surface area contributed by atoms with E-state index < -0.39 is 17.6 Å². The molecule has 1 heterocycles. The van der Waals surface area contributed by atoms with E-state index in [0.717, 1.165) is 25.0 Å². The van der Waals surface area contributed by atoms with Crippen molar-refractivity contribution in [3.05, 3.63) is 47.4 Å². The minimum atomic E-state index is -1.16. The molecule has 0 amide bonds. The summed E-state index contributed by atoms with van der Waals surface area (Å²) >= 11 is 0. The molecule has 1 aromatic carbocycles. The Morgan fingerprint density at radius 3 is 2.65 bits per heavy atom. The lowest BCUT2D eigenvalue weighted by molar-refractivity contribution is 0.0695. The van der Waals surface area contributed by atoms with Crippen molar-refractivity contribution in [1.29, 1.82) is 0 Å². The summed E-state index contributed by atoms with van der Waals surface area (Å²) in [5.74, 6) is -1.85. The van der Waals surface area contributed by atoms with Crippen LogP contribution in [0, 0.1) is 17.6 Å². The zero-order valence-corrected chi connectivity index (χ0v) is 10.5. The van der Waals surface area contributed by atoms with Gasteiger partial charge in [-0.15, -0.1) is 0 Å². The van der Waals surface area contributed by atoms with Crippen molar-refractivity contribution in [2.24, 2.45) is 5.92 Å². The predicted octanol–water partition coefficient (Wildman–Crippen LogP) is 3.88. The lowest BCUT2D eigenvalue weighted by Crippen LogP contribution is -2.02.